The number of amides is 1. The molecule has 6 nitrogen and oxygen atoms in total. The van der Waals surface area contributed by atoms with Crippen LogP contribution in [-0.2, 0) is 10.0 Å². The van der Waals surface area contributed by atoms with Gasteiger partial charge in [0, 0.05) is 11.4 Å². The summed E-state index contributed by atoms with van der Waals surface area (Å²) >= 11 is 1.41. The predicted octanol–water partition coefficient (Wildman–Crippen LogP) is 2.45. The van der Waals surface area contributed by atoms with E-state index < -0.39 is 10.0 Å². The van der Waals surface area contributed by atoms with Crippen LogP contribution in [0.2, 0.25) is 0 Å². The van der Waals surface area contributed by atoms with E-state index in [1.807, 2.05) is 0 Å². The van der Waals surface area contributed by atoms with Crippen LogP contribution in [-0.4, -0.2) is 27.5 Å². The van der Waals surface area contributed by atoms with Gasteiger partial charge in [0.25, 0.3) is 5.91 Å². The summed E-state index contributed by atoms with van der Waals surface area (Å²) in [5.41, 5.74) is 0.837. The number of thiophene rings is 1. The van der Waals surface area contributed by atoms with E-state index in [-0.39, 0.29) is 16.8 Å². The van der Waals surface area contributed by atoms with Crippen molar-refractivity contribution < 1.29 is 17.9 Å². The van der Waals surface area contributed by atoms with Crippen LogP contribution in [0.5, 0.6) is 5.75 Å². The number of carbonyl (C=O) groups is 1. The Morgan fingerprint density at radius 1 is 1.30 bits per heavy atom. The van der Waals surface area contributed by atoms with Crippen LogP contribution in [0, 0.1) is 0 Å². The Bertz CT molecular complexity index is 812. The van der Waals surface area contributed by atoms with Gasteiger partial charge in [0.05, 0.1) is 23.3 Å². The van der Waals surface area contributed by atoms with Gasteiger partial charge in [-0.25, -0.2) is 13.1 Å². The molecule has 1 fully saturated rings. The molecule has 0 saturated heterocycles. The molecule has 0 radical (unpaired) electrons. The SMILES string of the molecule is COc1ccc(S(=O)(=O)NC2CC2)cc1NC(=O)c1ccsc1. The third kappa shape index (κ3) is 3.72. The Balaban J connectivity index is 1.88. The van der Waals surface area contributed by atoms with Gasteiger partial charge in [-0.1, -0.05) is 0 Å². The fraction of sp³-hybridized carbons (Fsp3) is 0.267. The lowest BCUT2D eigenvalue weighted by Gasteiger charge is -2.12. The van der Waals surface area contributed by atoms with E-state index in [2.05, 4.69) is 10.0 Å². The van der Waals surface area contributed by atoms with Crippen molar-refractivity contribution in [2.24, 2.45) is 0 Å². The Labute approximate surface area is 138 Å². The number of anilines is 1. The average molecular weight is 352 g/mol. The minimum absolute atomic E-state index is 0.0194. The lowest BCUT2D eigenvalue weighted by Crippen LogP contribution is -2.25. The van der Waals surface area contributed by atoms with E-state index in [1.54, 1.807) is 16.8 Å². The maximum Gasteiger partial charge on any atom is 0.256 e. The predicted molar refractivity (Wildman–Crippen MR) is 88.6 cm³/mol. The van der Waals surface area contributed by atoms with Crippen LogP contribution in [0.15, 0.2) is 39.9 Å². The molecule has 0 bridgehead atoms. The minimum Gasteiger partial charge on any atom is -0.495 e. The molecule has 0 spiro atoms. The van der Waals surface area contributed by atoms with Gasteiger partial charge in [-0.05, 0) is 42.5 Å². The lowest BCUT2D eigenvalue weighted by molar-refractivity contribution is 0.102. The van der Waals surface area contributed by atoms with Crippen LogP contribution < -0.4 is 14.8 Å². The van der Waals surface area contributed by atoms with Crippen LogP contribution in [0.25, 0.3) is 0 Å². The standard InChI is InChI=1S/C15H16N2O4S2/c1-21-14-5-4-12(23(19,20)17-11-2-3-11)8-13(14)16-15(18)10-6-7-22-9-10/h4-9,11,17H,2-3H2,1H3,(H,16,18). The molecule has 1 amide bonds. The van der Waals surface area contributed by atoms with Crippen molar-refractivity contribution in [3.8, 4) is 5.75 Å². The topological polar surface area (TPSA) is 84.5 Å². The monoisotopic (exact) mass is 352 g/mol. The Hall–Kier alpha value is -1.90. The number of hydrogen-bond donors (Lipinski definition) is 2. The molecule has 1 heterocycles. The number of methoxy groups -OCH3 is 1. The highest BCUT2D eigenvalue weighted by molar-refractivity contribution is 7.89. The van der Waals surface area contributed by atoms with E-state index in [4.69, 9.17) is 4.74 Å². The highest BCUT2D eigenvalue weighted by atomic mass is 32.2. The Morgan fingerprint density at radius 2 is 2.09 bits per heavy atom. The van der Waals surface area contributed by atoms with Crippen LogP contribution in [0.4, 0.5) is 5.69 Å². The summed E-state index contributed by atoms with van der Waals surface area (Å²) in [4.78, 5) is 12.3. The summed E-state index contributed by atoms with van der Waals surface area (Å²) in [6, 6.07) is 6.12. The van der Waals surface area contributed by atoms with Crippen molar-refractivity contribution >= 4 is 33.0 Å². The molecule has 2 aromatic rings. The maximum absolute atomic E-state index is 12.3. The fourth-order valence-electron chi connectivity index (χ4n) is 2.03. The van der Waals surface area contributed by atoms with Gasteiger partial charge in [0.1, 0.15) is 5.75 Å². The second kappa shape index (κ2) is 6.31. The molecule has 1 aromatic carbocycles. The lowest BCUT2D eigenvalue weighted by atomic mass is 10.2. The highest BCUT2D eigenvalue weighted by Gasteiger charge is 2.28. The molecule has 3 rings (SSSR count). The van der Waals surface area contributed by atoms with E-state index in [1.165, 1.54) is 36.6 Å². The van der Waals surface area contributed by atoms with E-state index >= 15 is 0 Å². The molecule has 1 aromatic heterocycles. The third-order valence-corrected chi connectivity index (χ3v) is 5.61. The van der Waals surface area contributed by atoms with Gasteiger partial charge in [-0.2, -0.15) is 11.3 Å². The first-order chi connectivity index (χ1) is 11.0. The van der Waals surface area contributed by atoms with E-state index in [0.29, 0.717) is 17.0 Å². The van der Waals surface area contributed by atoms with Gasteiger partial charge in [-0.3, -0.25) is 4.79 Å². The molecule has 1 aliphatic carbocycles. The zero-order valence-electron chi connectivity index (χ0n) is 12.4. The van der Waals surface area contributed by atoms with Crippen molar-refractivity contribution in [2.75, 3.05) is 12.4 Å². The average Bonchev–Trinajstić information content (AvgIpc) is 3.15. The number of benzene rings is 1. The second-order valence-corrected chi connectivity index (χ2v) is 7.72. The minimum atomic E-state index is -3.59. The summed E-state index contributed by atoms with van der Waals surface area (Å²) in [5.74, 6) is 0.0909. The second-order valence-electron chi connectivity index (χ2n) is 5.22. The van der Waals surface area contributed by atoms with Crippen molar-refractivity contribution in [3.63, 3.8) is 0 Å². The number of rotatable bonds is 6. The molecular formula is C15H16N2O4S2. The van der Waals surface area contributed by atoms with Gasteiger partial charge in [0.2, 0.25) is 10.0 Å². The fourth-order valence-corrected chi connectivity index (χ4v) is 4.00. The first-order valence-corrected chi connectivity index (χ1v) is 9.46. The zero-order chi connectivity index (χ0) is 16.4. The smallest absolute Gasteiger partial charge is 0.256 e. The maximum atomic E-state index is 12.3. The van der Waals surface area contributed by atoms with Crippen molar-refractivity contribution in [1.29, 1.82) is 0 Å². The molecule has 1 aliphatic rings. The molecule has 0 unspecified atom stereocenters. The summed E-state index contributed by atoms with van der Waals surface area (Å²) in [6.45, 7) is 0. The molecule has 8 heteroatoms. The van der Waals surface area contributed by atoms with Crippen molar-refractivity contribution in [2.45, 2.75) is 23.8 Å². The van der Waals surface area contributed by atoms with Crippen LogP contribution in [0.3, 0.4) is 0 Å². The summed E-state index contributed by atoms with van der Waals surface area (Å²) < 4.78 is 32.4. The molecule has 1 saturated carbocycles. The Kier molecular flexibility index (Phi) is 4.38. The highest BCUT2D eigenvalue weighted by Crippen LogP contribution is 2.29. The molecule has 0 atom stereocenters. The summed E-state index contributed by atoms with van der Waals surface area (Å²) in [6.07, 6.45) is 1.72. The summed E-state index contributed by atoms with van der Waals surface area (Å²) in [7, 11) is -2.12. The molecule has 122 valence electrons. The number of ether oxygens (including phenoxy) is 1. The summed E-state index contributed by atoms with van der Waals surface area (Å²) in [5, 5.41) is 6.21. The van der Waals surface area contributed by atoms with Crippen LogP contribution in [0.1, 0.15) is 23.2 Å². The van der Waals surface area contributed by atoms with Crippen molar-refractivity contribution in [3.05, 3.63) is 40.6 Å². The van der Waals surface area contributed by atoms with Gasteiger partial charge in [-0.15, -0.1) is 0 Å². The number of hydrogen-bond acceptors (Lipinski definition) is 5. The first-order valence-electron chi connectivity index (χ1n) is 7.03. The quantitative estimate of drug-likeness (QED) is 0.836. The number of sulfonamides is 1. The first kappa shape index (κ1) is 16.0. The number of carbonyl (C=O) groups excluding carboxylic acids is 1. The van der Waals surface area contributed by atoms with Gasteiger partial charge >= 0.3 is 0 Å². The molecule has 2 N–H and O–H groups in total. The van der Waals surface area contributed by atoms with Crippen LogP contribution >= 0.6 is 11.3 Å². The zero-order valence-corrected chi connectivity index (χ0v) is 14.0. The van der Waals surface area contributed by atoms with E-state index in [0.717, 1.165) is 12.8 Å². The third-order valence-electron chi connectivity index (χ3n) is 3.41. The molecular weight excluding hydrogens is 336 g/mol. The van der Waals surface area contributed by atoms with Gasteiger partial charge in [0.15, 0.2) is 0 Å². The van der Waals surface area contributed by atoms with Gasteiger partial charge < -0.3 is 10.1 Å². The number of nitrogens with one attached hydrogen (secondary N) is 2. The van der Waals surface area contributed by atoms with Crippen molar-refractivity contribution in [1.82, 2.24) is 4.72 Å². The Morgan fingerprint density at radius 3 is 2.70 bits per heavy atom. The molecule has 0 aliphatic heterocycles. The normalized spacial score (nSPS) is 14.5. The van der Waals surface area contributed by atoms with E-state index in [9.17, 15) is 13.2 Å². The largest absolute Gasteiger partial charge is 0.495 e. The molecule has 23 heavy (non-hydrogen) atoms.